The first kappa shape index (κ1) is 16.5. The van der Waals surface area contributed by atoms with Crippen LogP contribution in [-0.4, -0.2) is 17.0 Å². The summed E-state index contributed by atoms with van der Waals surface area (Å²) in [6.07, 6.45) is -0.469. The van der Waals surface area contributed by atoms with Gasteiger partial charge in [-0.2, -0.15) is 0 Å². The van der Waals surface area contributed by atoms with Gasteiger partial charge >= 0.3 is 11.9 Å². The Bertz CT molecular complexity index is 761. The topological polar surface area (TPSA) is 63.6 Å². The van der Waals surface area contributed by atoms with Crippen LogP contribution in [0.1, 0.15) is 35.9 Å². The Morgan fingerprint density at radius 3 is 2.48 bits per heavy atom. The molecule has 1 unspecified atom stereocenters. The fraction of sp³-hybridized carbons (Fsp3) is 0.158. The standard InChI is InChI=1S/C19H18O4/c1-12(2)19(22)23-13(3)16-9-4-5-10-17(16)14-7-6-8-15(11-14)18(20)21/h4-11,13H,1H2,2-3H3,(H,20,21). The summed E-state index contributed by atoms with van der Waals surface area (Å²) in [7, 11) is 0. The molecule has 0 bridgehead atoms. The third-order valence-electron chi connectivity index (χ3n) is 3.45. The molecule has 0 fully saturated rings. The Morgan fingerprint density at radius 2 is 1.83 bits per heavy atom. The van der Waals surface area contributed by atoms with Gasteiger partial charge in [0.2, 0.25) is 0 Å². The molecule has 118 valence electrons. The normalized spacial score (nSPS) is 11.6. The largest absolute Gasteiger partial charge is 0.478 e. The maximum absolute atomic E-state index is 11.7. The van der Waals surface area contributed by atoms with Crippen LogP contribution in [0.15, 0.2) is 60.7 Å². The molecule has 23 heavy (non-hydrogen) atoms. The maximum atomic E-state index is 11.7. The van der Waals surface area contributed by atoms with Crippen LogP contribution in [0.4, 0.5) is 0 Å². The van der Waals surface area contributed by atoms with Crippen LogP contribution < -0.4 is 0 Å². The monoisotopic (exact) mass is 310 g/mol. The summed E-state index contributed by atoms with van der Waals surface area (Å²) in [4.78, 5) is 22.9. The summed E-state index contributed by atoms with van der Waals surface area (Å²) in [5.41, 5.74) is 2.95. The van der Waals surface area contributed by atoms with Crippen LogP contribution in [0.25, 0.3) is 11.1 Å². The van der Waals surface area contributed by atoms with Gasteiger partial charge in [-0.05, 0) is 42.7 Å². The van der Waals surface area contributed by atoms with Gasteiger partial charge in [-0.15, -0.1) is 0 Å². The molecule has 0 spiro atoms. The van der Waals surface area contributed by atoms with Gasteiger partial charge in [0.25, 0.3) is 0 Å². The minimum Gasteiger partial charge on any atom is -0.478 e. The summed E-state index contributed by atoms with van der Waals surface area (Å²) in [6.45, 7) is 6.95. The Labute approximate surface area is 135 Å². The number of hydrogen-bond donors (Lipinski definition) is 1. The average Bonchev–Trinajstić information content (AvgIpc) is 2.54. The molecule has 0 heterocycles. The summed E-state index contributed by atoms with van der Waals surface area (Å²) in [5.74, 6) is -1.43. The first-order chi connectivity index (χ1) is 10.9. The summed E-state index contributed by atoms with van der Waals surface area (Å²) in [5, 5.41) is 9.14. The van der Waals surface area contributed by atoms with E-state index < -0.39 is 18.0 Å². The lowest BCUT2D eigenvalue weighted by atomic mass is 9.95. The summed E-state index contributed by atoms with van der Waals surface area (Å²) < 4.78 is 5.38. The molecule has 0 saturated carbocycles. The lowest BCUT2D eigenvalue weighted by molar-refractivity contribution is -0.143. The van der Waals surface area contributed by atoms with Crippen molar-refractivity contribution in [2.24, 2.45) is 0 Å². The van der Waals surface area contributed by atoms with Gasteiger partial charge in [0.15, 0.2) is 0 Å². The molecule has 0 saturated heterocycles. The molecule has 0 aliphatic rings. The van der Waals surface area contributed by atoms with Crippen molar-refractivity contribution in [3.63, 3.8) is 0 Å². The number of esters is 1. The van der Waals surface area contributed by atoms with Crippen molar-refractivity contribution in [3.05, 3.63) is 71.8 Å². The minimum atomic E-state index is -0.980. The predicted molar refractivity (Wildman–Crippen MR) is 88.2 cm³/mol. The van der Waals surface area contributed by atoms with Crippen molar-refractivity contribution in [3.8, 4) is 11.1 Å². The van der Waals surface area contributed by atoms with Gasteiger partial charge in [0.05, 0.1) is 5.56 Å². The molecule has 2 rings (SSSR count). The van der Waals surface area contributed by atoms with E-state index in [4.69, 9.17) is 9.84 Å². The average molecular weight is 310 g/mol. The second-order valence-corrected chi connectivity index (χ2v) is 5.30. The molecule has 2 aromatic carbocycles. The van der Waals surface area contributed by atoms with Crippen LogP contribution in [0.5, 0.6) is 0 Å². The van der Waals surface area contributed by atoms with E-state index in [-0.39, 0.29) is 5.56 Å². The number of aromatic carboxylic acids is 1. The van der Waals surface area contributed by atoms with Gasteiger partial charge in [-0.3, -0.25) is 0 Å². The number of hydrogen-bond acceptors (Lipinski definition) is 3. The molecule has 0 aromatic heterocycles. The van der Waals surface area contributed by atoms with Crippen molar-refractivity contribution in [2.75, 3.05) is 0 Å². The molecule has 4 nitrogen and oxygen atoms in total. The van der Waals surface area contributed by atoms with E-state index in [1.54, 1.807) is 32.0 Å². The molecule has 4 heteroatoms. The van der Waals surface area contributed by atoms with E-state index >= 15 is 0 Å². The first-order valence-corrected chi connectivity index (χ1v) is 7.19. The maximum Gasteiger partial charge on any atom is 0.335 e. The summed E-state index contributed by atoms with van der Waals surface area (Å²) >= 11 is 0. The highest BCUT2D eigenvalue weighted by atomic mass is 16.5. The number of ether oxygens (including phenoxy) is 1. The molecule has 2 aromatic rings. The Balaban J connectivity index is 2.41. The molecule has 0 amide bonds. The second kappa shape index (κ2) is 6.92. The van der Waals surface area contributed by atoms with Gasteiger partial charge < -0.3 is 9.84 Å². The number of carboxylic acid groups (broad SMARTS) is 1. The zero-order valence-electron chi connectivity index (χ0n) is 13.1. The van der Waals surface area contributed by atoms with E-state index in [2.05, 4.69) is 6.58 Å². The quantitative estimate of drug-likeness (QED) is 0.663. The van der Waals surface area contributed by atoms with E-state index in [1.807, 2.05) is 30.3 Å². The number of carboxylic acids is 1. The van der Waals surface area contributed by atoms with Gasteiger partial charge in [-0.1, -0.05) is 43.0 Å². The molecule has 0 aliphatic carbocycles. The Morgan fingerprint density at radius 1 is 1.13 bits per heavy atom. The second-order valence-electron chi connectivity index (χ2n) is 5.30. The summed E-state index contributed by atoms with van der Waals surface area (Å²) in [6, 6.07) is 14.1. The van der Waals surface area contributed by atoms with Crippen LogP contribution in [-0.2, 0) is 9.53 Å². The third kappa shape index (κ3) is 3.86. The minimum absolute atomic E-state index is 0.212. The zero-order valence-corrected chi connectivity index (χ0v) is 13.1. The molecular weight excluding hydrogens is 292 g/mol. The van der Waals surface area contributed by atoms with Crippen LogP contribution in [0.3, 0.4) is 0 Å². The van der Waals surface area contributed by atoms with Gasteiger partial charge in [0.1, 0.15) is 6.10 Å². The van der Waals surface area contributed by atoms with Crippen molar-refractivity contribution in [2.45, 2.75) is 20.0 Å². The third-order valence-corrected chi connectivity index (χ3v) is 3.45. The van der Waals surface area contributed by atoms with Gasteiger partial charge in [-0.25, -0.2) is 9.59 Å². The molecule has 1 N–H and O–H groups in total. The molecule has 1 atom stereocenters. The lowest BCUT2D eigenvalue weighted by Crippen LogP contribution is -2.10. The van der Waals surface area contributed by atoms with Crippen molar-refractivity contribution < 1.29 is 19.4 Å². The SMILES string of the molecule is C=C(C)C(=O)OC(C)c1ccccc1-c1cccc(C(=O)O)c1. The van der Waals surface area contributed by atoms with Crippen molar-refractivity contribution in [1.29, 1.82) is 0 Å². The molecular formula is C19H18O4. The number of carbonyl (C=O) groups is 2. The number of carbonyl (C=O) groups excluding carboxylic acids is 1. The van der Waals surface area contributed by atoms with Crippen molar-refractivity contribution >= 4 is 11.9 Å². The predicted octanol–water partition coefficient (Wildman–Crippen LogP) is 4.23. The number of benzene rings is 2. The van der Waals surface area contributed by atoms with Crippen LogP contribution in [0.2, 0.25) is 0 Å². The first-order valence-electron chi connectivity index (χ1n) is 7.19. The highest BCUT2D eigenvalue weighted by molar-refractivity contribution is 5.90. The highest BCUT2D eigenvalue weighted by Gasteiger charge is 2.16. The Kier molecular flexibility index (Phi) is 4.96. The van der Waals surface area contributed by atoms with Crippen LogP contribution >= 0.6 is 0 Å². The lowest BCUT2D eigenvalue weighted by Gasteiger charge is -2.17. The smallest absolute Gasteiger partial charge is 0.335 e. The fourth-order valence-electron chi connectivity index (χ4n) is 2.26. The Hall–Kier alpha value is -2.88. The van der Waals surface area contributed by atoms with E-state index in [9.17, 15) is 9.59 Å². The van der Waals surface area contributed by atoms with E-state index in [0.717, 1.165) is 16.7 Å². The van der Waals surface area contributed by atoms with Gasteiger partial charge in [0, 0.05) is 5.57 Å². The zero-order chi connectivity index (χ0) is 17.0. The fourth-order valence-corrected chi connectivity index (χ4v) is 2.26. The highest BCUT2D eigenvalue weighted by Crippen LogP contribution is 2.30. The van der Waals surface area contributed by atoms with E-state index in [1.165, 1.54) is 0 Å². The van der Waals surface area contributed by atoms with Crippen molar-refractivity contribution in [1.82, 2.24) is 0 Å². The molecule has 0 radical (unpaired) electrons. The van der Waals surface area contributed by atoms with Crippen LogP contribution in [0, 0.1) is 0 Å². The molecule has 0 aliphatic heterocycles. The van der Waals surface area contributed by atoms with E-state index in [0.29, 0.717) is 5.57 Å². The number of rotatable bonds is 5.